The largest absolute Gasteiger partial charge is 0.497 e. The number of fused-ring (bicyclic) bond motifs is 2. The zero-order chi connectivity index (χ0) is 24.5. The van der Waals surface area contributed by atoms with Crippen molar-refractivity contribution >= 4 is 39.3 Å². The molecule has 182 valence electrons. The standard InChI is InChI=1S/C27H30N4O4/c1-4-30-23-10-8-19(35-3)15-21(23)25(31-13-5-6-24(31)32)26(30)27(33)28-12-11-17-16-29-22-9-7-18(34-2)14-20(17)22/h7-10,14-16,29H,4-6,11-13H2,1-3H3,(H,28,33). The molecule has 8 heteroatoms. The van der Waals surface area contributed by atoms with Gasteiger partial charge in [0.1, 0.15) is 17.2 Å². The lowest BCUT2D eigenvalue weighted by Crippen LogP contribution is -2.31. The molecule has 8 nitrogen and oxygen atoms in total. The molecule has 0 atom stereocenters. The van der Waals surface area contributed by atoms with E-state index in [4.69, 9.17) is 9.47 Å². The average Bonchev–Trinajstić information content (AvgIpc) is 3.57. The van der Waals surface area contributed by atoms with Crippen LogP contribution in [-0.4, -0.2) is 48.7 Å². The van der Waals surface area contributed by atoms with Gasteiger partial charge in [-0.25, -0.2) is 0 Å². The summed E-state index contributed by atoms with van der Waals surface area (Å²) >= 11 is 0. The Morgan fingerprint density at radius 2 is 1.83 bits per heavy atom. The minimum atomic E-state index is -0.186. The van der Waals surface area contributed by atoms with Crippen LogP contribution in [0.3, 0.4) is 0 Å². The molecule has 0 bridgehead atoms. The predicted molar refractivity (Wildman–Crippen MR) is 137 cm³/mol. The van der Waals surface area contributed by atoms with Crippen molar-refractivity contribution in [3.63, 3.8) is 0 Å². The van der Waals surface area contributed by atoms with Gasteiger partial charge in [-0.05, 0) is 61.7 Å². The van der Waals surface area contributed by atoms with E-state index in [0.717, 1.165) is 39.5 Å². The Balaban J connectivity index is 1.47. The van der Waals surface area contributed by atoms with E-state index >= 15 is 0 Å². The monoisotopic (exact) mass is 474 g/mol. The van der Waals surface area contributed by atoms with E-state index in [1.807, 2.05) is 54.1 Å². The van der Waals surface area contributed by atoms with E-state index in [9.17, 15) is 9.59 Å². The lowest BCUT2D eigenvalue weighted by molar-refractivity contribution is -0.117. The molecule has 2 aromatic heterocycles. The van der Waals surface area contributed by atoms with Crippen molar-refractivity contribution in [1.82, 2.24) is 14.9 Å². The van der Waals surface area contributed by atoms with E-state index in [1.165, 1.54) is 0 Å². The number of rotatable bonds is 8. The van der Waals surface area contributed by atoms with Crippen LogP contribution in [0.1, 0.15) is 35.8 Å². The maximum absolute atomic E-state index is 13.6. The molecule has 0 unspecified atom stereocenters. The third-order valence-electron chi connectivity index (χ3n) is 6.77. The predicted octanol–water partition coefficient (Wildman–Crippen LogP) is 4.26. The molecule has 1 aliphatic rings. The summed E-state index contributed by atoms with van der Waals surface area (Å²) in [4.78, 5) is 31.4. The number of H-pyrrole nitrogens is 1. The van der Waals surface area contributed by atoms with Gasteiger partial charge in [-0.3, -0.25) is 9.59 Å². The number of ether oxygens (including phenoxy) is 2. The lowest BCUT2D eigenvalue weighted by atomic mass is 10.1. The highest BCUT2D eigenvalue weighted by molar-refractivity contribution is 6.14. The normalized spacial score (nSPS) is 13.7. The first kappa shape index (κ1) is 22.8. The summed E-state index contributed by atoms with van der Waals surface area (Å²) in [5, 5.41) is 5.04. The molecule has 1 saturated heterocycles. The van der Waals surface area contributed by atoms with Crippen LogP contribution in [0.2, 0.25) is 0 Å². The number of hydrogen-bond donors (Lipinski definition) is 2. The number of aromatic amines is 1. The number of anilines is 1. The lowest BCUT2D eigenvalue weighted by Gasteiger charge is -2.18. The van der Waals surface area contributed by atoms with Gasteiger partial charge in [-0.1, -0.05) is 0 Å². The Kier molecular flexibility index (Phi) is 6.11. The second kappa shape index (κ2) is 9.37. The molecular formula is C27H30N4O4. The van der Waals surface area contributed by atoms with E-state index in [0.29, 0.717) is 49.6 Å². The van der Waals surface area contributed by atoms with Crippen molar-refractivity contribution in [3.05, 3.63) is 53.9 Å². The molecule has 2 amide bonds. The van der Waals surface area contributed by atoms with Gasteiger partial charge in [0.25, 0.3) is 5.91 Å². The molecule has 1 aliphatic heterocycles. The Hall–Kier alpha value is -3.94. The first-order valence-corrected chi connectivity index (χ1v) is 12.0. The molecule has 5 rings (SSSR count). The number of hydrogen-bond acceptors (Lipinski definition) is 4. The minimum absolute atomic E-state index is 0.0461. The number of carbonyl (C=O) groups is 2. The molecule has 0 spiro atoms. The molecule has 2 aromatic carbocycles. The molecule has 1 fully saturated rings. The van der Waals surface area contributed by atoms with E-state index in [1.54, 1.807) is 19.1 Å². The van der Waals surface area contributed by atoms with Crippen LogP contribution in [0.4, 0.5) is 5.69 Å². The quantitative estimate of drug-likeness (QED) is 0.399. The van der Waals surface area contributed by atoms with Gasteiger partial charge in [0.15, 0.2) is 0 Å². The van der Waals surface area contributed by atoms with Crippen LogP contribution < -0.4 is 19.7 Å². The third-order valence-corrected chi connectivity index (χ3v) is 6.77. The zero-order valence-corrected chi connectivity index (χ0v) is 20.3. The van der Waals surface area contributed by atoms with E-state index in [-0.39, 0.29) is 11.8 Å². The Bertz CT molecular complexity index is 1420. The maximum Gasteiger partial charge on any atom is 0.270 e. The third kappa shape index (κ3) is 3.99. The smallest absolute Gasteiger partial charge is 0.270 e. The summed E-state index contributed by atoms with van der Waals surface area (Å²) in [6, 6.07) is 11.7. The van der Waals surface area contributed by atoms with Gasteiger partial charge in [-0.15, -0.1) is 0 Å². The van der Waals surface area contributed by atoms with Crippen molar-refractivity contribution in [3.8, 4) is 11.5 Å². The molecule has 35 heavy (non-hydrogen) atoms. The van der Waals surface area contributed by atoms with Crippen LogP contribution in [0.5, 0.6) is 11.5 Å². The fourth-order valence-corrected chi connectivity index (χ4v) is 5.05. The van der Waals surface area contributed by atoms with Crippen LogP contribution >= 0.6 is 0 Å². The second-order valence-corrected chi connectivity index (χ2v) is 8.70. The summed E-state index contributed by atoms with van der Waals surface area (Å²) in [7, 11) is 3.27. The molecular weight excluding hydrogens is 444 g/mol. The number of methoxy groups -OCH3 is 2. The summed E-state index contributed by atoms with van der Waals surface area (Å²) in [6.07, 6.45) is 3.91. The molecule has 4 aromatic rings. The van der Waals surface area contributed by atoms with Gasteiger partial charge < -0.3 is 29.2 Å². The number of carbonyl (C=O) groups excluding carboxylic acids is 2. The second-order valence-electron chi connectivity index (χ2n) is 8.70. The number of benzene rings is 2. The van der Waals surface area contributed by atoms with Crippen molar-refractivity contribution in [1.29, 1.82) is 0 Å². The van der Waals surface area contributed by atoms with Crippen LogP contribution in [-0.2, 0) is 17.8 Å². The summed E-state index contributed by atoms with van der Waals surface area (Å²) in [6.45, 7) is 3.69. The number of amides is 2. The number of nitrogens with zero attached hydrogens (tertiary/aromatic N) is 2. The molecule has 0 aliphatic carbocycles. The SMILES string of the molecule is CCn1c(C(=O)NCCc2c[nH]c3ccc(OC)cc23)c(N2CCCC2=O)c2cc(OC)ccc21. The van der Waals surface area contributed by atoms with Gasteiger partial charge in [0.2, 0.25) is 5.91 Å². The number of aryl methyl sites for hydroxylation is 1. The first-order valence-electron chi connectivity index (χ1n) is 12.0. The van der Waals surface area contributed by atoms with Gasteiger partial charge >= 0.3 is 0 Å². The van der Waals surface area contributed by atoms with Gasteiger partial charge in [0, 0.05) is 48.5 Å². The zero-order valence-electron chi connectivity index (χ0n) is 20.3. The summed E-state index contributed by atoms with van der Waals surface area (Å²) in [5.41, 5.74) is 4.25. The van der Waals surface area contributed by atoms with Gasteiger partial charge in [-0.2, -0.15) is 0 Å². The molecule has 0 saturated carbocycles. The Labute approximate surface area is 203 Å². The highest BCUT2D eigenvalue weighted by Gasteiger charge is 2.31. The minimum Gasteiger partial charge on any atom is -0.497 e. The number of nitrogens with one attached hydrogen (secondary N) is 2. The van der Waals surface area contributed by atoms with Crippen molar-refractivity contribution < 1.29 is 19.1 Å². The topological polar surface area (TPSA) is 88.6 Å². The summed E-state index contributed by atoms with van der Waals surface area (Å²) in [5.74, 6) is 1.35. The fourth-order valence-electron chi connectivity index (χ4n) is 5.05. The van der Waals surface area contributed by atoms with Crippen molar-refractivity contribution in [2.45, 2.75) is 32.7 Å². The fraction of sp³-hybridized carbons (Fsp3) is 0.333. The maximum atomic E-state index is 13.6. The van der Waals surface area contributed by atoms with Crippen molar-refractivity contribution in [2.75, 3.05) is 32.2 Å². The Morgan fingerprint density at radius 3 is 2.51 bits per heavy atom. The van der Waals surface area contributed by atoms with E-state index in [2.05, 4.69) is 10.3 Å². The molecule has 3 heterocycles. The van der Waals surface area contributed by atoms with Crippen molar-refractivity contribution in [2.24, 2.45) is 0 Å². The molecule has 0 radical (unpaired) electrons. The highest BCUT2D eigenvalue weighted by Crippen LogP contribution is 2.38. The van der Waals surface area contributed by atoms with Gasteiger partial charge in [0.05, 0.1) is 25.4 Å². The molecule has 2 N–H and O–H groups in total. The van der Waals surface area contributed by atoms with Crippen LogP contribution in [0.15, 0.2) is 42.6 Å². The first-order chi connectivity index (χ1) is 17.0. The van der Waals surface area contributed by atoms with Crippen LogP contribution in [0, 0.1) is 0 Å². The average molecular weight is 475 g/mol. The highest BCUT2D eigenvalue weighted by atomic mass is 16.5. The van der Waals surface area contributed by atoms with E-state index < -0.39 is 0 Å². The number of aromatic nitrogens is 2. The van der Waals surface area contributed by atoms with Crippen LogP contribution in [0.25, 0.3) is 21.8 Å². The Morgan fingerprint density at radius 1 is 1.09 bits per heavy atom. The summed E-state index contributed by atoms with van der Waals surface area (Å²) < 4.78 is 12.8.